The zero-order chi connectivity index (χ0) is 17.8. The van der Waals surface area contributed by atoms with E-state index in [-0.39, 0.29) is 24.1 Å². The highest BCUT2D eigenvalue weighted by Gasteiger charge is 2.13. The van der Waals surface area contributed by atoms with E-state index in [0.717, 1.165) is 18.5 Å². The molecule has 0 unspecified atom stereocenters. The average Bonchev–Trinajstić information content (AvgIpc) is 3.03. The Kier molecular flexibility index (Phi) is 4.92. The van der Waals surface area contributed by atoms with Gasteiger partial charge in [0.1, 0.15) is 18.3 Å². The number of nitrogens with zero attached hydrogens (tertiary/aromatic N) is 4. The number of carbonyl (C=O) groups excluding carboxylic acids is 1. The highest BCUT2D eigenvalue weighted by Crippen LogP contribution is 2.12. The highest BCUT2D eigenvalue weighted by molar-refractivity contribution is 5.78. The van der Waals surface area contributed by atoms with Gasteiger partial charge in [-0.3, -0.25) is 14.2 Å². The van der Waals surface area contributed by atoms with Gasteiger partial charge in [-0.1, -0.05) is 31.5 Å². The summed E-state index contributed by atoms with van der Waals surface area (Å²) in [5.41, 5.74) is 1.03. The minimum absolute atomic E-state index is 0.0493. The fourth-order valence-corrected chi connectivity index (χ4v) is 2.80. The first-order valence-corrected chi connectivity index (χ1v) is 8.38. The lowest BCUT2D eigenvalue weighted by Crippen LogP contribution is -2.37. The molecule has 3 aromatic rings. The van der Waals surface area contributed by atoms with Crippen molar-refractivity contribution in [2.75, 3.05) is 0 Å². The largest absolute Gasteiger partial charge is 0.352 e. The monoisotopic (exact) mass is 339 g/mol. The summed E-state index contributed by atoms with van der Waals surface area (Å²) in [4.78, 5) is 29.0. The van der Waals surface area contributed by atoms with Crippen molar-refractivity contribution in [3.05, 3.63) is 53.2 Å². The van der Waals surface area contributed by atoms with E-state index in [1.165, 1.54) is 17.1 Å². The topological polar surface area (TPSA) is 81.8 Å². The van der Waals surface area contributed by atoms with Gasteiger partial charge in [0.05, 0.1) is 11.9 Å². The number of fused-ring (bicyclic) bond motifs is 1. The second-order valence-electron chi connectivity index (χ2n) is 6.06. The Balaban J connectivity index is 1.86. The Morgan fingerprint density at radius 3 is 2.76 bits per heavy atom. The Hall–Kier alpha value is -2.96. The number of hydrogen-bond acceptors (Lipinski definition) is 4. The lowest BCUT2D eigenvalue weighted by molar-refractivity contribution is -0.122. The molecular weight excluding hydrogens is 318 g/mol. The van der Waals surface area contributed by atoms with Gasteiger partial charge in [-0.15, -0.1) is 0 Å². The van der Waals surface area contributed by atoms with Gasteiger partial charge in [-0.2, -0.15) is 5.10 Å². The molecule has 1 amide bonds. The van der Waals surface area contributed by atoms with Crippen molar-refractivity contribution in [3.8, 4) is 5.69 Å². The molecule has 1 aromatic carbocycles. The predicted molar refractivity (Wildman–Crippen MR) is 95.6 cm³/mol. The molecule has 0 aliphatic rings. The third-order valence-electron chi connectivity index (χ3n) is 4.00. The van der Waals surface area contributed by atoms with Crippen molar-refractivity contribution in [2.45, 2.75) is 39.3 Å². The smallest absolute Gasteiger partial charge is 0.264 e. The van der Waals surface area contributed by atoms with Crippen LogP contribution in [0.25, 0.3) is 16.7 Å². The van der Waals surface area contributed by atoms with E-state index < -0.39 is 0 Å². The maximum Gasteiger partial charge on any atom is 0.264 e. The van der Waals surface area contributed by atoms with Crippen LogP contribution in [0.4, 0.5) is 0 Å². The first-order valence-electron chi connectivity index (χ1n) is 8.38. The average molecular weight is 339 g/mol. The van der Waals surface area contributed by atoms with Crippen LogP contribution in [0.3, 0.4) is 0 Å². The first kappa shape index (κ1) is 16.9. The molecule has 0 saturated heterocycles. The molecule has 0 radical (unpaired) electrons. The zero-order valence-corrected chi connectivity index (χ0v) is 14.3. The summed E-state index contributed by atoms with van der Waals surface area (Å²) in [5, 5.41) is 7.54. The number of rotatable bonds is 6. The van der Waals surface area contributed by atoms with E-state index >= 15 is 0 Å². The van der Waals surface area contributed by atoms with Gasteiger partial charge in [-0.05, 0) is 25.5 Å². The number of nitrogens with one attached hydrogen (secondary N) is 1. The maximum absolute atomic E-state index is 12.6. The summed E-state index contributed by atoms with van der Waals surface area (Å²) >= 11 is 0. The summed E-state index contributed by atoms with van der Waals surface area (Å²) in [5.74, 6) is -0.195. The van der Waals surface area contributed by atoms with Crippen LogP contribution in [0.2, 0.25) is 0 Å². The molecule has 2 heterocycles. The fraction of sp³-hybridized carbons (Fsp3) is 0.333. The van der Waals surface area contributed by atoms with Gasteiger partial charge < -0.3 is 5.32 Å². The van der Waals surface area contributed by atoms with Crippen molar-refractivity contribution >= 4 is 16.9 Å². The molecule has 130 valence electrons. The molecule has 0 spiro atoms. The van der Waals surface area contributed by atoms with Crippen LogP contribution in [0.5, 0.6) is 0 Å². The minimum Gasteiger partial charge on any atom is -0.352 e. The molecule has 0 fully saturated rings. The van der Waals surface area contributed by atoms with Gasteiger partial charge in [0, 0.05) is 6.04 Å². The van der Waals surface area contributed by atoms with Crippen LogP contribution in [-0.4, -0.2) is 31.3 Å². The third-order valence-corrected chi connectivity index (χ3v) is 4.00. The normalized spacial score (nSPS) is 12.2. The van der Waals surface area contributed by atoms with Gasteiger partial charge >= 0.3 is 0 Å². The molecule has 25 heavy (non-hydrogen) atoms. The second kappa shape index (κ2) is 7.29. The van der Waals surface area contributed by atoms with Crippen LogP contribution < -0.4 is 10.9 Å². The summed E-state index contributed by atoms with van der Waals surface area (Å²) < 4.78 is 2.93. The Morgan fingerprint density at radius 1 is 1.28 bits per heavy atom. The molecule has 1 N–H and O–H groups in total. The van der Waals surface area contributed by atoms with Crippen molar-refractivity contribution in [3.63, 3.8) is 0 Å². The Bertz CT molecular complexity index is 930. The number of benzene rings is 1. The summed E-state index contributed by atoms with van der Waals surface area (Å²) in [6, 6.07) is 9.57. The quantitative estimate of drug-likeness (QED) is 0.743. The molecule has 0 saturated carbocycles. The van der Waals surface area contributed by atoms with Crippen molar-refractivity contribution in [1.82, 2.24) is 24.6 Å². The predicted octanol–water partition coefficient (Wildman–Crippen LogP) is 1.89. The maximum atomic E-state index is 12.6. The standard InChI is InChI=1S/C18H21N5O2/c1-3-7-13(2)21-16(24)11-22-12-19-17-15(18(22)25)10-20-23(17)14-8-5-4-6-9-14/h4-6,8-10,12-13H,3,7,11H2,1-2H3,(H,21,24)/t13-/m1/s1. The summed E-state index contributed by atoms with van der Waals surface area (Å²) in [6.07, 6.45) is 4.79. The fourth-order valence-electron chi connectivity index (χ4n) is 2.80. The number of aromatic nitrogens is 4. The molecule has 7 heteroatoms. The van der Waals surface area contributed by atoms with E-state index in [2.05, 4.69) is 22.3 Å². The van der Waals surface area contributed by atoms with Gasteiger partial charge in [0.2, 0.25) is 5.91 Å². The van der Waals surface area contributed by atoms with Crippen LogP contribution in [0, 0.1) is 0 Å². The zero-order valence-electron chi connectivity index (χ0n) is 14.3. The van der Waals surface area contributed by atoms with Gasteiger partial charge in [-0.25, -0.2) is 9.67 Å². The van der Waals surface area contributed by atoms with Crippen molar-refractivity contribution < 1.29 is 4.79 Å². The number of para-hydroxylation sites is 1. The molecular formula is C18H21N5O2. The van der Waals surface area contributed by atoms with Gasteiger partial charge in [0.15, 0.2) is 5.65 Å². The van der Waals surface area contributed by atoms with E-state index in [4.69, 9.17) is 0 Å². The number of hydrogen-bond donors (Lipinski definition) is 1. The third kappa shape index (κ3) is 3.60. The van der Waals surface area contributed by atoms with E-state index in [9.17, 15) is 9.59 Å². The molecule has 3 rings (SSSR count). The van der Waals surface area contributed by atoms with Crippen LogP contribution in [0.15, 0.2) is 47.7 Å². The molecule has 1 atom stereocenters. The van der Waals surface area contributed by atoms with Crippen molar-refractivity contribution in [1.29, 1.82) is 0 Å². The number of carbonyl (C=O) groups is 1. The summed E-state index contributed by atoms with van der Waals surface area (Å²) in [7, 11) is 0. The number of amides is 1. The highest BCUT2D eigenvalue weighted by atomic mass is 16.2. The first-order chi connectivity index (χ1) is 12.1. The second-order valence-corrected chi connectivity index (χ2v) is 6.06. The van der Waals surface area contributed by atoms with E-state index in [0.29, 0.717) is 11.0 Å². The summed E-state index contributed by atoms with van der Waals surface area (Å²) in [6.45, 7) is 3.97. The molecule has 7 nitrogen and oxygen atoms in total. The van der Waals surface area contributed by atoms with E-state index in [1.54, 1.807) is 4.68 Å². The van der Waals surface area contributed by atoms with Crippen LogP contribution in [0.1, 0.15) is 26.7 Å². The Morgan fingerprint density at radius 2 is 2.04 bits per heavy atom. The molecule has 0 aliphatic heterocycles. The Labute approximate surface area is 145 Å². The van der Waals surface area contributed by atoms with E-state index in [1.807, 2.05) is 37.3 Å². The minimum atomic E-state index is -0.273. The molecule has 2 aromatic heterocycles. The molecule has 0 aliphatic carbocycles. The van der Waals surface area contributed by atoms with Crippen molar-refractivity contribution in [2.24, 2.45) is 0 Å². The van der Waals surface area contributed by atoms with Crippen LogP contribution >= 0.6 is 0 Å². The molecule has 0 bridgehead atoms. The lowest BCUT2D eigenvalue weighted by atomic mass is 10.2. The van der Waals surface area contributed by atoms with Crippen LogP contribution in [-0.2, 0) is 11.3 Å². The van der Waals surface area contributed by atoms with Gasteiger partial charge in [0.25, 0.3) is 5.56 Å². The lowest BCUT2D eigenvalue weighted by Gasteiger charge is -2.13. The SMILES string of the molecule is CCC[C@@H](C)NC(=O)Cn1cnc2c(cnn2-c2ccccc2)c1=O.